The zero-order valence-electron chi connectivity index (χ0n) is 20.0. The smallest absolute Gasteiger partial charge is 0.228 e. The normalized spacial score (nSPS) is 12.9. The Balaban J connectivity index is 3.41. The number of rotatable bonds is 12. The summed E-state index contributed by atoms with van der Waals surface area (Å²) in [6, 6.07) is 4.54. The van der Waals surface area contributed by atoms with Crippen molar-refractivity contribution in [1.29, 1.82) is 0 Å². The first kappa shape index (κ1) is 26.5. The summed E-state index contributed by atoms with van der Waals surface area (Å²) in [6.07, 6.45) is 0.760. The Morgan fingerprint density at radius 1 is 0.867 bits per heavy atom. The molecule has 0 aliphatic heterocycles. The molecule has 0 bridgehead atoms. The van der Waals surface area contributed by atoms with Crippen LogP contribution in [0.4, 0.5) is 8.78 Å². The molecule has 4 nitrogen and oxygen atoms in total. The minimum absolute atomic E-state index is 0.191. The first-order valence-corrected chi connectivity index (χ1v) is 11.1. The molecule has 0 heterocycles. The second-order valence-electron chi connectivity index (χ2n) is 9.42. The van der Waals surface area contributed by atoms with E-state index in [0.717, 1.165) is 6.07 Å². The van der Waals surface area contributed by atoms with Gasteiger partial charge in [-0.15, -0.1) is 0 Å². The van der Waals surface area contributed by atoms with Crippen molar-refractivity contribution in [3.63, 3.8) is 0 Å². The van der Waals surface area contributed by atoms with Crippen LogP contribution < -0.4 is 5.73 Å². The molecule has 0 aromatic heterocycles. The zero-order valence-corrected chi connectivity index (χ0v) is 20.0. The topological polar surface area (TPSA) is 49.6 Å². The van der Waals surface area contributed by atoms with Crippen LogP contribution in [0.3, 0.4) is 0 Å². The Kier molecular flexibility index (Phi) is 9.89. The molecule has 0 unspecified atom stereocenters. The number of benzene rings is 1. The van der Waals surface area contributed by atoms with Gasteiger partial charge in [0.15, 0.2) is 0 Å². The number of nitrogens with zero attached hydrogens (tertiary/aromatic N) is 2. The van der Waals surface area contributed by atoms with E-state index in [1.807, 2.05) is 0 Å². The van der Waals surface area contributed by atoms with Gasteiger partial charge >= 0.3 is 0 Å². The third-order valence-corrected chi connectivity index (χ3v) is 6.17. The highest BCUT2D eigenvalue weighted by atomic mass is 19.1. The Hall–Kier alpha value is -1.53. The van der Waals surface area contributed by atoms with E-state index in [-0.39, 0.29) is 29.7 Å². The molecule has 2 N–H and O–H groups in total. The minimum atomic E-state index is -1.21. The van der Waals surface area contributed by atoms with Gasteiger partial charge in [-0.3, -0.25) is 14.6 Å². The van der Waals surface area contributed by atoms with Gasteiger partial charge in [0.25, 0.3) is 0 Å². The summed E-state index contributed by atoms with van der Waals surface area (Å²) in [6.45, 7) is 18.0. The van der Waals surface area contributed by atoms with Crippen molar-refractivity contribution in [3.8, 4) is 0 Å². The second kappa shape index (κ2) is 11.2. The molecular formula is C24H41F2N3O. The SMILES string of the molecule is CC(C)N(CCC(CCN(C(C)C)C(C)C)(C(N)=O)c1ccc(F)cc1F)C(C)C. The zero-order chi connectivity index (χ0) is 23.2. The third-order valence-electron chi connectivity index (χ3n) is 6.17. The lowest BCUT2D eigenvalue weighted by atomic mass is 9.73. The maximum Gasteiger partial charge on any atom is 0.228 e. The van der Waals surface area contributed by atoms with E-state index < -0.39 is 23.0 Å². The Morgan fingerprint density at radius 3 is 1.57 bits per heavy atom. The number of carbonyl (C=O) groups is 1. The largest absolute Gasteiger partial charge is 0.369 e. The summed E-state index contributed by atoms with van der Waals surface area (Å²) < 4.78 is 28.5. The molecule has 1 rings (SSSR count). The summed E-state index contributed by atoms with van der Waals surface area (Å²) in [4.78, 5) is 17.4. The molecule has 0 saturated heterocycles. The van der Waals surface area contributed by atoms with E-state index in [9.17, 15) is 13.6 Å². The monoisotopic (exact) mass is 425 g/mol. The van der Waals surface area contributed by atoms with Crippen LogP contribution in [0.2, 0.25) is 0 Å². The average Bonchev–Trinajstić information content (AvgIpc) is 2.59. The highest BCUT2D eigenvalue weighted by molar-refractivity contribution is 5.86. The van der Waals surface area contributed by atoms with Crippen molar-refractivity contribution in [1.82, 2.24) is 9.80 Å². The summed E-state index contributed by atoms with van der Waals surface area (Å²) in [5.41, 5.74) is 4.94. The van der Waals surface area contributed by atoms with Gasteiger partial charge in [0.1, 0.15) is 11.6 Å². The highest BCUT2D eigenvalue weighted by Crippen LogP contribution is 2.35. The van der Waals surface area contributed by atoms with Gasteiger partial charge in [-0.25, -0.2) is 8.78 Å². The number of halogens is 2. The predicted octanol–water partition coefficient (Wildman–Crippen LogP) is 4.71. The maximum absolute atomic E-state index is 14.9. The van der Waals surface area contributed by atoms with Crippen LogP contribution in [0.15, 0.2) is 18.2 Å². The van der Waals surface area contributed by atoms with Crippen LogP contribution in [-0.2, 0) is 10.2 Å². The fourth-order valence-corrected chi connectivity index (χ4v) is 4.52. The van der Waals surface area contributed by atoms with E-state index in [4.69, 9.17) is 5.73 Å². The minimum Gasteiger partial charge on any atom is -0.369 e. The standard InChI is InChI=1S/C24H41F2N3O/c1-16(2)28(17(3)4)13-11-24(23(27)30,12-14-29(18(5)6)19(7)8)21-10-9-20(25)15-22(21)26/h9-10,15-19H,11-14H2,1-8H3,(H2,27,30). The molecule has 1 aromatic carbocycles. The lowest BCUT2D eigenvalue weighted by Gasteiger charge is -2.39. The highest BCUT2D eigenvalue weighted by Gasteiger charge is 2.41. The lowest BCUT2D eigenvalue weighted by Crippen LogP contribution is -2.49. The molecule has 0 atom stereocenters. The number of hydrogen-bond acceptors (Lipinski definition) is 3. The summed E-state index contributed by atoms with van der Waals surface area (Å²) >= 11 is 0. The number of amides is 1. The molecular weight excluding hydrogens is 384 g/mol. The molecule has 1 aromatic rings. The molecule has 172 valence electrons. The van der Waals surface area contributed by atoms with Crippen molar-refractivity contribution in [2.45, 2.75) is 97.8 Å². The van der Waals surface area contributed by atoms with Crippen molar-refractivity contribution in [3.05, 3.63) is 35.4 Å². The first-order valence-electron chi connectivity index (χ1n) is 11.1. The van der Waals surface area contributed by atoms with Crippen LogP contribution >= 0.6 is 0 Å². The van der Waals surface area contributed by atoms with Crippen LogP contribution in [-0.4, -0.2) is 53.0 Å². The molecule has 0 saturated carbocycles. The van der Waals surface area contributed by atoms with Gasteiger partial charge in [-0.2, -0.15) is 0 Å². The van der Waals surface area contributed by atoms with Gasteiger partial charge in [-0.1, -0.05) is 6.07 Å². The fraction of sp³-hybridized carbons (Fsp3) is 0.708. The van der Waals surface area contributed by atoms with Crippen molar-refractivity contribution >= 4 is 5.91 Å². The van der Waals surface area contributed by atoms with Gasteiger partial charge in [0.05, 0.1) is 5.41 Å². The van der Waals surface area contributed by atoms with Crippen molar-refractivity contribution in [2.75, 3.05) is 13.1 Å². The van der Waals surface area contributed by atoms with Gasteiger partial charge in [-0.05, 0) is 74.3 Å². The summed E-state index contributed by atoms with van der Waals surface area (Å²) in [7, 11) is 0. The van der Waals surface area contributed by atoms with Gasteiger partial charge in [0.2, 0.25) is 5.91 Å². The number of primary amides is 1. The fourth-order valence-electron chi connectivity index (χ4n) is 4.52. The summed E-state index contributed by atoms with van der Waals surface area (Å²) in [5.74, 6) is -1.94. The van der Waals surface area contributed by atoms with E-state index in [1.165, 1.54) is 12.1 Å². The molecule has 30 heavy (non-hydrogen) atoms. The summed E-state index contributed by atoms with van der Waals surface area (Å²) in [5, 5.41) is 0. The quantitative estimate of drug-likeness (QED) is 0.528. The maximum atomic E-state index is 14.9. The third kappa shape index (κ3) is 6.48. The van der Waals surface area contributed by atoms with Crippen LogP contribution in [0.25, 0.3) is 0 Å². The number of carbonyl (C=O) groups excluding carboxylic acids is 1. The Labute approximate surface area is 181 Å². The lowest BCUT2D eigenvalue weighted by molar-refractivity contribution is -0.124. The molecule has 0 radical (unpaired) electrons. The first-order chi connectivity index (χ1) is 13.8. The van der Waals surface area contributed by atoms with E-state index in [2.05, 4.69) is 65.2 Å². The molecule has 0 aliphatic rings. The molecule has 0 fully saturated rings. The van der Waals surface area contributed by atoms with Gasteiger partial charge < -0.3 is 5.73 Å². The van der Waals surface area contributed by atoms with Crippen molar-refractivity contribution < 1.29 is 13.6 Å². The van der Waals surface area contributed by atoms with Crippen molar-refractivity contribution in [2.24, 2.45) is 5.73 Å². The Morgan fingerprint density at radius 2 is 1.27 bits per heavy atom. The van der Waals surface area contributed by atoms with Crippen LogP contribution in [0.5, 0.6) is 0 Å². The van der Waals surface area contributed by atoms with E-state index >= 15 is 0 Å². The second-order valence-corrected chi connectivity index (χ2v) is 9.42. The molecule has 1 amide bonds. The predicted molar refractivity (Wildman–Crippen MR) is 120 cm³/mol. The molecule has 0 aliphatic carbocycles. The number of hydrogen-bond donors (Lipinski definition) is 1. The van der Waals surface area contributed by atoms with Crippen LogP contribution in [0.1, 0.15) is 73.8 Å². The van der Waals surface area contributed by atoms with Crippen LogP contribution in [0, 0.1) is 11.6 Å². The molecule has 6 heteroatoms. The average molecular weight is 426 g/mol. The van der Waals surface area contributed by atoms with Gasteiger partial charge in [0, 0.05) is 48.9 Å². The molecule has 0 spiro atoms. The number of nitrogens with two attached hydrogens (primary N) is 1. The van der Waals surface area contributed by atoms with E-state index in [1.54, 1.807) is 0 Å². The van der Waals surface area contributed by atoms with E-state index in [0.29, 0.717) is 25.9 Å². The Bertz CT molecular complexity index is 649.